The van der Waals surface area contributed by atoms with Gasteiger partial charge in [-0.2, -0.15) is 0 Å². The third-order valence-corrected chi connectivity index (χ3v) is 3.19. The highest BCUT2D eigenvalue weighted by Crippen LogP contribution is 2.22. The zero-order valence-corrected chi connectivity index (χ0v) is 11.8. The van der Waals surface area contributed by atoms with Crippen molar-refractivity contribution in [3.05, 3.63) is 46.0 Å². The van der Waals surface area contributed by atoms with Crippen molar-refractivity contribution in [3.63, 3.8) is 0 Å². The van der Waals surface area contributed by atoms with Gasteiger partial charge in [0, 0.05) is 29.8 Å². The number of aryl methyl sites for hydroxylation is 2. The van der Waals surface area contributed by atoms with Crippen LogP contribution in [-0.4, -0.2) is 12.0 Å². The Hall–Kier alpha value is -1.29. The van der Waals surface area contributed by atoms with Crippen molar-refractivity contribution in [3.8, 4) is 0 Å². The molecule has 0 saturated heterocycles. The molecule has 2 aromatic rings. The highest BCUT2D eigenvalue weighted by molar-refractivity contribution is 9.10. The number of anilines is 1. The molecule has 0 fully saturated rings. The van der Waals surface area contributed by atoms with E-state index in [1.807, 2.05) is 26.2 Å². The van der Waals surface area contributed by atoms with Gasteiger partial charge in [0.1, 0.15) is 11.6 Å². The second-order valence-electron chi connectivity index (χ2n) is 4.15. The number of furan rings is 1. The summed E-state index contributed by atoms with van der Waals surface area (Å²) in [5, 5.41) is 0. The van der Waals surface area contributed by atoms with Crippen LogP contribution in [0.25, 0.3) is 0 Å². The lowest BCUT2D eigenvalue weighted by molar-refractivity contribution is 0.529. The molecule has 0 aliphatic heterocycles. The number of nitrogens with zero attached hydrogens (tertiary/aromatic N) is 2. The lowest BCUT2D eigenvalue weighted by atomic mass is 10.2. The molecule has 0 saturated carbocycles. The number of rotatable bonds is 3. The molecule has 0 amide bonds. The SMILES string of the molecule is Cc1cc(Br)cnc1N(C)Cc1ccoc1C. The van der Waals surface area contributed by atoms with Gasteiger partial charge in [-0.05, 0) is 47.5 Å². The Kier molecular flexibility index (Phi) is 3.52. The summed E-state index contributed by atoms with van der Waals surface area (Å²) in [6.45, 7) is 4.84. The van der Waals surface area contributed by atoms with Gasteiger partial charge in [-0.15, -0.1) is 0 Å². The van der Waals surface area contributed by atoms with Crippen LogP contribution >= 0.6 is 15.9 Å². The zero-order chi connectivity index (χ0) is 12.4. The average molecular weight is 295 g/mol. The summed E-state index contributed by atoms with van der Waals surface area (Å²) < 4.78 is 6.30. The van der Waals surface area contributed by atoms with Crippen molar-refractivity contribution in [2.45, 2.75) is 20.4 Å². The standard InChI is InChI=1S/C13H15BrN2O/c1-9-6-12(14)7-15-13(9)16(3)8-11-4-5-17-10(11)2/h4-7H,8H2,1-3H3. The van der Waals surface area contributed by atoms with Gasteiger partial charge in [-0.1, -0.05) is 0 Å². The molecule has 17 heavy (non-hydrogen) atoms. The van der Waals surface area contributed by atoms with E-state index in [1.165, 1.54) is 5.56 Å². The molecule has 0 spiro atoms. The van der Waals surface area contributed by atoms with Gasteiger partial charge in [0.2, 0.25) is 0 Å². The summed E-state index contributed by atoms with van der Waals surface area (Å²) in [4.78, 5) is 6.56. The van der Waals surface area contributed by atoms with E-state index in [2.05, 4.69) is 38.8 Å². The van der Waals surface area contributed by atoms with Crippen LogP contribution in [0.15, 0.2) is 33.5 Å². The summed E-state index contributed by atoms with van der Waals surface area (Å²) in [5.74, 6) is 1.96. The minimum atomic E-state index is 0.803. The average Bonchev–Trinajstić information content (AvgIpc) is 2.64. The van der Waals surface area contributed by atoms with E-state index < -0.39 is 0 Å². The second-order valence-corrected chi connectivity index (χ2v) is 5.07. The van der Waals surface area contributed by atoms with Crippen LogP contribution in [0.3, 0.4) is 0 Å². The van der Waals surface area contributed by atoms with E-state index >= 15 is 0 Å². The van der Waals surface area contributed by atoms with Gasteiger partial charge < -0.3 is 9.32 Å². The topological polar surface area (TPSA) is 29.3 Å². The van der Waals surface area contributed by atoms with Gasteiger partial charge >= 0.3 is 0 Å². The van der Waals surface area contributed by atoms with Crippen molar-refractivity contribution in [2.24, 2.45) is 0 Å². The predicted octanol–water partition coefficient (Wildman–Crippen LogP) is 3.69. The highest BCUT2D eigenvalue weighted by atomic mass is 79.9. The molecule has 0 aliphatic carbocycles. The van der Waals surface area contributed by atoms with Crippen molar-refractivity contribution >= 4 is 21.7 Å². The highest BCUT2D eigenvalue weighted by Gasteiger charge is 2.09. The fraction of sp³-hybridized carbons (Fsp3) is 0.308. The molecule has 0 aliphatic rings. The molecule has 3 nitrogen and oxygen atoms in total. The molecule has 0 N–H and O–H groups in total. The summed E-state index contributed by atoms with van der Waals surface area (Å²) >= 11 is 3.42. The van der Waals surface area contributed by atoms with E-state index in [1.54, 1.807) is 6.26 Å². The molecular formula is C13H15BrN2O. The monoisotopic (exact) mass is 294 g/mol. The Labute approximate surface area is 110 Å². The maximum Gasteiger partial charge on any atom is 0.131 e. The second kappa shape index (κ2) is 4.92. The Bertz CT molecular complexity index is 522. The van der Waals surface area contributed by atoms with E-state index in [0.29, 0.717) is 0 Å². The first-order chi connectivity index (χ1) is 8.08. The van der Waals surface area contributed by atoms with E-state index in [9.17, 15) is 0 Å². The van der Waals surface area contributed by atoms with E-state index in [-0.39, 0.29) is 0 Å². The zero-order valence-electron chi connectivity index (χ0n) is 10.2. The van der Waals surface area contributed by atoms with Crippen molar-refractivity contribution in [2.75, 3.05) is 11.9 Å². The molecular weight excluding hydrogens is 280 g/mol. The minimum absolute atomic E-state index is 0.803. The summed E-state index contributed by atoms with van der Waals surface area (Å²) in [5.41, 5.74) is 2.35. The van der Waals surface area contributed by atoms with Crippen molar-refractivity contribution in [1.29, 1.82) is 0 Å². The van der Waals surface area contributed by atoms with Crippen molar-refractivity contribution in [1.82, 2.24) is 4.98 Å². The molecule has 2 heterocycles. The number of hydrogen-bond acceptors (Lipinski definition) is 3. The van der Waals surface area contributed by atoms with Gasteiger partial charge in [0.25, 0.3) is 0 Å². The molecule has 0 atom stereocenters. The van der Waals surface area contributed by atoms with Gasteiger partial charge in [-0.3, -0.25) is 0 Å². The number of pyridine rings is 1. The maximum atomic E-state index is 5.30. The first-order valence-corrected chi connectivity index (χ1v) is 6.23. The lowest BCUT2D eigenvalue weighted by Crippen LogP contribution is -2.18. The number of aromatic nitrogens is 1. The van der Waals surface area contributed by atoms with Crippen LogP contribution in [0.5, 0.6) is 0 Å². The normalized spacial score (nSPS) is 10.6. The number of halogens is 1. The van der Waals surface area contributed by atoms with Crippen LogP contribution in [0, 0.1) is 13.8 Å². The lowest BCUT2D eigenvalue weighted by Gasteiger charge is -2.19. The molecule has 0 aromatic carbocycles. The molecule has 0 bridgehead atoms. The van der Waals surface area contributed by atoms with Gasteiger partial charge in [0.15, 0.2) is 0 Å². The first kappa shape index (κ1) is 12.2. The molecule has 2 aromatic heterocycles. The first-order valence-electron chi connectivity index (χ1n) is 5.44. The Morgan fingerprint density at radius 3 is 2.76 bits per heavy atom. The molecule has 0 radical (unpaired) electrons. The summed E-state index contributed by atoms with van der Waals surface area (Å²) in [6.07, 6.45) is 3.54. The Morgan fingerprint density at radius 1 is 1.41 bits per heavy atom. The Morgan fingerprint density at radius 2 is 2.18 bits per heavy atom. The molecule has 2 rings (SSSR count). The molecule has 4 heteroatoms. The minimum Gasteiger partial charge on any atom is -0.469 e. The molecule has 0 unspecified atom stereocenters. The summed E-state index contributed by atoms with van der Waals surface area (Å²) in [6, 6.07) is 4.07. The number of hydrogen-bond donors (Lipinski definition) is 0. The smallest absolute Gasteiger partial charge is 0.131 e. The van der Waals surface area contributed by atoms with Crippen LogP contribution in [0.2, 0.25) is 0 Å². The van der Waals surface area contributed by atoms with Gasteiger partial charge in [0.05, 0.1) is 6.26 Å². The largest absolute Gasteiger partial charge is 0.469 e. The maximum absolute atomic E-state index is 5.30. The quantitative estimate of drug-likeness (QED) is 0.865. The summed E-state index contributed by atoms with van der Waals surface area (Å²) in [7, 11) is 2.04. The molecule has 90 valence electrons. The van der Waals surface area contributed by atoms with E-state index in [4.69, 9.17) is 4.42 Å². The van der Waals surface area contributed by atoms with Crippen LogP contribution in [-0.2, 0) is 6.54 Å². The van der Waals surface area contributed by atoms with Crippen LogP contribution < -0.4 is 4.90 Å². The third kappa shape index (κ3) is 2.69. The van der Waals surface area contributed by atoms with E-state index in [0.717, 1.165) is 28.2 Å². The van der Waals surface area contributed by atoms with Gasteiger partial charge in [-0.25, -0.2) is 4.98 Å². The van der Waals surface area contributed by atoms with Crippen molar-refractivity contribution < 1.29 is 4.42 Å². The van der Waals surface area contributed by atoms with Crippen LogP contribution in [0.1, 0.15) is 16.9 Å². The van der Waals surface area contributed by atoms with Crippen LogP contribution in [0.4, 0.5) is 5.82 Å². The fourth-order valence-electron chi connectivity index (χ4n) is 1.84. The fourth-order valence-corrected chi connectivity index (χ4v) is 2.28. The Balaban J connectivity index is 2.20. The third-order valence-electron chi connectivity index (χ3n) is 2.75. The predicted molar refractivity (Wildman–Crippen MR) is 72.2 cm³/mol.